The molecule has 0 aliphatic heterocycles. The number of methoxy groups -OCH3 is 2. The summed E-state index contributed by atoms with van der Waals surface area (Å²) >= 11 is 0. The number of aryl methyl sites for hydroxylation is 1. The normalized spacial score (nSPS) is 10.5. The van der Waals surface area contributed by atoms with Gasteiger partial charge in [0.2, 0.25) is 0 Å². The van der Waals surface area contributed by atoms with Crippen LogP contribution in [0.4, 0.5) is 0 Å². The van der Waals surface area contributed by atoms with Crippen molar-refractivity contribution in [3.8, 4) is 11.5 Å². The number of nitrogens with two attached hydrogens (primary N) is 1. The van der Waals surface area contributed by atoms with Crippen molar-refractivity contribution >= 4 is 0 Å². The fourth-order valence-corrected chi connectivity index (χ4v) is 1.92. The molecule has 0 saturated heterocycles. The highest BCUT2D eigenvalue weighted by atomic mass is 16.5. The van der Waals surface area contributed by atoms with Crippen LogP contribution >= 0.6 is 0 Å². The maximum Gasteiger partial charge on any atom is 0.155 e. The molecule has 6 heteroatoms. The third kappa shape index (κ3) is 2.85. The number of aromatic nitrogens is 3. The van der Waals surface area contributed by atoms with Crippen molar-refractivity contribution < 1.29 is 9.47 Å². The van der Waals surface area contributed by atoms with Gasteiger partial charge in [-0.1, -0.05) is 0 Å². The summed E-state index contributed by atoms with van der Waals surface area (Å²) in [6.45, 7) is 0.374. The van der Waals surface area contributed by atoms with E-state index in [0.29, 0.717) is 13.0 Å². The van der Waals surface area contributed by atoms with Crippen LogP contribution in [0.15, 0.2) is 18.2 Å². The minimum Gasteiger partial charge on any atom is -0.497 e. The molecule has 0 aliphatic rings. The van der Waals surface area contributed by atoms with E-state index < -0.39 is 0 Å². The van der Waals surface area contributed by atoms with Crippen LogP contribution in [0.25, 0.3) is 0 Å². The Balaban J connectivity index is 2.30. The van der Waals surface area contributed by atoms with Gasteiger partial charge in [-0.05, 0) is 18.2 Å². The Labute approximate surface area is 112 Å². The van der Waals surface area contributed by atoms with Crippen LogP contribution in [-0.2, 0) is 20.0 Å². The van der Waals surface area contributed by atoms with E-state index in [1.807, 2.05) is 25.2 Å². The summed E-state index contributed by atoms with van der Waals surface area (Å²) in [5.74, 6) is 3.06. The lowest BCUT2D eigenvalue weighted by Crippen LogP contribution is -2.05. The Kier molecular flexibility index (Phi) is 4.01. The highest BCUT2D eigenvalue weighted by molar-refractivity contribution is 5.41. The molecule has 1 aromatic carbocycles. The van der Waals surface area contributed by atoms with Crippen LogP contribution in [0, 0.1) is 0 Å². The molecule has 0 spiro atoms. The number of hydrogen-bond donors (Lipinski definition) is 1. The van der Waals surface area contributed by atoms with Crippen LogP contribution in [0.2, 0.25) is 0 Å². The van der Waals surface area contributed by atoms with Crippen molar-refractivity contribution in [3.63, 3.8) is 0 Å². The summed E-state index contributed by atoms with van der Waals surface area (Å²) < 4.78 is 12.3. The molecule has 0 atom stereocenters. The van der Waals surface area contributed by atoms with E-state index in [4.69, 9.17) is 15.2 Å². The fourth-order valence-electron chi connectivity index (χ4n) is 1.92. The molecule has 1 heterocycles. The zero-order valence-corrected chi connectivity index (χ0v) is 11.4. The number of nitrogens with zero attached hydrogens (tertiary/aromatic N) is 3. The molecule has 2 N–H and O–H groups in total. The number of benzene rings is 1. The fraction of sp³-hybridized carbons (Fsp3) is 0.385. The molecular weight excluding hydrogens is 244 g/mol. The van der Waals surface area contributed by atoms with E-state index in [1.54, 1.807) is 18.9 Å². The lowest BCUT2D eigenvalue weighted by molar-refractivity contribution is 0.399. The second-order valence-electron chi connectivity index (χ2n) is 4.13. The summed E-state index contributed by atoms with van der Waals surface area (Å²) in [6.07, 6.45) is 0.578. The predicted molar refractivity (Wildman–Crippen MR) is 71.2 cm³/mol. The van der Waals surface area contributed by atoms with Gasteiger partial charge in [-0.3, -0.25) is 4.68 Å². The van der Waals surface area contributed by atoms with E-state index in [1.165, 1.54) is 0 Å². The summed E-state index contributed by atoms with van der Waals surface area (Å²) in [4.78, 5) is 4.38. The van der Waals surface area contributed by atoms with Gasteiger partial charge in [0.1, 0.15) is 17.3 Å². The smallest absolute Gasteiger partial charge is 0.155 e. The molecule has 102 valence electrons. The Hall–Kier alpha value is -2.08. The van der Waals surface area contributed by atoms with Gasteiger partial charge in [0.25, 0.3) is 0 Å². The Morgan fingerprint density at radius 2 is 2.05 bits per heavy atom. The average Bonchev–Trinajstić information content (AvgIpc) is 2.78. The first-order chi connectivity index (χ1) is 9.17. The summed E-state index contributed by atoms with van der Waals surface area (Å²) in [5, 5.41) is 4.34. The van der Waals surface area contributed by atoms with Gasteiger partial charge in [0.05, 0.1) is 20.8 Å². The summed E-state index contributed by atoms with van der Waals surface area (Å²) in [5.41, 5.74) is 6.57. The molecule has 2 rings (SSSR count). The van der Waals surface area contributed by atoms with Crippen molar-refractivity contribution in [1.29, 1.82) is 0 Å². The Morgan fingerprint density at radius 3 is 2.63 bits per heavy atom. The quantitative estimate of drug-likeness (QED) is 0.865. The molecule has 0 radical (unpaired) electrons. The van der Waals surface area contributed by atoms with Crippen LogP contribution in [-0.4, -0.2) is 29.0 Å². The van der Waals surface area contributed by atoms with Crippen molar-refractivity contribution in [2.45, 2.75) is 13.0 Å². The van der Waals surface area contributed by atoms with Crippen molar-refractivity contribution in [2.75, 3.05) is 14.2 Å². The lowest BCUT2D eigenvalue weighted by atomic mass is 10.1. The molecule has 0 fully saturated rings. The lowest BCUT2D eigenvalue weighted by Gasteiger charge is -2.08. The van der Waals surface area contributed by atoms with Crippen molar-refractivity contribution in [3.05, 3.63) is 35.4 Å². The van der Waals surface area contributed by atoms with Crippen molar-refractivity contribution in [1.82, 2.24) is 14.8 Å². The van der Waals surface area contributed by atoms with E-state index in [0.717, 1.165) is 28.7 Å². The predicted octanol–water partition coefficient (Wildman–Crippen LogP) is 0.882. The second-order valence-corrected chi connectivity index (χ2v) is 4.13. The number of hydrogen-bond acceptors (Lipinski definition) is 5. The minimum atomic E-state index is 0.374. The van der Waals surface area contributed by atoms with Gasteiger partial charge in [-0.25, -0.2) is 4.98 Å². The maximum absolute atomic E-state index is 5.59. The molecule has 19 heavy (non-hydrogen) atoms. The standard InChI is InChI=1S/C13H18N4O2/c1-17-13(8-14)15-12(16-17)7-9-6-10(18-2)4-5-11(9)19-3/h4-6H,7-8,14H2,1-3H3. The summed E-state index contributed by atoms with van der Waals surface area (Å²) in [6, 6.07) is 5.66. The SMILES string of the molecule is COc1ccc(OC)c(Cc2nc(CN)n(C)n2)c1. The monoisotopic (exact) mass is 262 g/mol. The van der Waals surface area contributed by atoms with Gasteiger partial charge >= 0.3 is 0 Å². The molecule has 0 aliphatic carbocycles. The molecule has 0 unspecified atom stereocenters. The molecule has 6 nitrogen and oxygen atoms in total. The topological polar surface area (TPSA) is 75.2 Å². The molecular formula is C13H18N4O2. The first-order valence-electron chi connectivity index (χ1n) is 5.97. The maximum atomic E-state index is 5.59. The average molecular weight is 262 g/mol. The highest BCUT2D eigenvalue weighted by Gasteiger charge is 2.11. The summed E-state index contributed by atoms with van der Waals surface area (Å²) in [7, 11) is 5.11. The van der Waals surface area contributed by atoms with E-state index in [-0.39, 0.29) is 0 Å². The van der Waals surface area contributed by atoms with Gasteiger partial charge in [-0.15, -0.1) is 0 Å². The van der Waals surface area contributed by atoms with Crippen molar-refractivity contribution in [2.24, 2.45) is 12.8 Å². The molecule has 2 aromatic rings. The van der Waals surface area contributed by atoms with Crippen LogP contribution in [0.5, 0.6) is 11.5 Å². The van der Waals surface area contributed by atoms with Gasteiger partial charge < -0.3 is 15.2 Å². The molecule has 1 aromatic heterocycles. The first kappa shape index (κ1) is 13.4. The van der Waals surface area contributed by atoms with Crippen LogP contribution < -0.4 is 15.2 Å². The van der Waals surface area contributed by atoms with Gasteiger partial charge in [0.15, 0.2) is 5.82 Å². The first-order valence-corrected chi connectivity index (χ1v) is 5.97. The highest BCUT2D eigenvalue weighted by Crippen LogP contribution is 2.25. The Morgan fingerprint density at radius 1 is 1.26 bits per heavy atom. The third-order valence-electron chi connectivity index (χ3n) is 2.92. The van der Waals surface area contributed by atoms with E-state index in [2.05, 4.69) is 10.1 Å². The zero-order chi connectivity index (χ0) is 13.8. The van der Waals surface area contributed by atoms with E-state index >= 15 is 0 Å². The third-order valence-corrected chi connectivity index (χ3v) is 2.92. The number of ether oxygens (including phenoxy) is 2. The zero-order valence-electron chi connectivity index (χ0n) is 11.4. The van der Waals surface area contributed by atoms with E-state index in [9.17, 15) is 0 Å². The molecule has 0 saturated carbocycles. The van der Waals surface area contributed by atoms with Crippen LogP contribution in [0.3, 0.4) is 0 Å². The Bertz CT molecular complexity index is 566. The van der Waals surface area contributed by atoms with Crippen LogP contribution in [0.1, 0.15) is 17.2 Å². The minimum absolute atomic E-state index is 0.374. The largest absolute Gasteiger partial charge is 0.497 e. The second kappa shape index (κ2) is 5.71. The molecule has 0 amide bonds. The molecule has 0 bridgehead atoms. The number of rotatable bonds is 5. The van der Waals surface area contributed by atoms with Gasteiger partial charge in [0, 0.05) is 19.0 Å². The van der Waals surface area contributed by atoms with Gasteiger partial charge in [-0.2, -0.15) is 5.10 Å².